The molecule has 8 nitrogen and oxygen atoms in total. The predicted molar refractivity (Wildman–Crippen MR) is 70.4 cm³/mol. The molecule has 3 heterocycles. The van der Waals surface area contributed by atoms with Gasteiger partial charge in [-0.25, -0.2) is 9.48 Å². The van der Waals surface area contributed by atoms with Gasteiger partial charge in [0.2, 0.25) is 0 Å². The molecule has 102 valence electrons. The van der Waals surface area contributed by atoms with Crippen molar-refractivity contribution in [2.45, 2.75) is 6.54 Å². The number of thiophene rings is 1. The van der Waals surface area contributed by atoms with E-state index in [1.165, 1.54) is 16.0 Å². The number of aromatic nitrogens is 6. The van der Waals surface area contributed by atoms with Gasteiger partial charge in [0.25, 0.3) is 0 Å². The molecule has 0 aromatic carbocycles. The zero-order valence-electron chi connectivity index (χ0n) is 10.5. The van der Waals surface area contributed by atoms with Gasteiger partial charge in [-0.2, -0.15) is 0 Å². The van der Waals surface area contributed by atoms with Crippen molar-refractivity contribution in [3.63, 3.8) is 0 Å². The lowest BCUT2D eigenvalue weighted by Crippen LogP contribution is -2.05. The number of carboxylic acids is 1. The largest absolute Gasteiger partial charge is 0.476 e. The van der Waals surface area contributed by atoms with Gasteiger partial charge in [0.1, 0.15) is 11.4 Å². The van der Waals surface area contributed by atoms with Gasteiger partial charge in [0.15, 0.2) is 5.69 Å². The molecule has 1 N–H and O–H groups in total. The van der Waals surface area contributed by atoms with Crippen LogP contribution in [0.5, 0.6) is 0 Å². The number of aryl methyl sites for hydroxylation is 1. The SMILES string of the molecule is Cn1cc(Cn2nnc(C(=O)O)c2-c2cccs2)nn1. The smallest absolute Gasteiger partial charge is 0.358 e. The lowest BCUT2D eigenvalue weighted by atomic mass is 10.2. The van der Waals surface area contributed by atoms with Crippen LogP contribution in [0.15, 0.2) is 23.7 Å². The molecular formula is C11H10N6O2S. The maximum absolute atomic E-state index is 11.2. The Labute approximate surface area is 117 Å². The van der Waals surface area contributed by atoms with E-state index in [1.54, 1.807) is 17.9 Å². The van der Waals surface area contributed by atoms with E-state index in [4.69, 9.17) is 0 Å². The van der Waals surface area contributed by atoms with E-state index in [0.717, 1.165) is 4.88 Å². The molecule has 0 aliphatic rings. The summed E-state index contributed by atoms with van der Waals surface area (Å²) in [5.74, 6) is -1.10. The molecule has 0 bridgehead atoms. The van der Waals surface area contributed by atoms with Gasteiger partial charge in [-0.15, -0.1) is 21.5 Å². The fourth-order valence-electron chi connectivity index (χ4n) is 1.85. The predicted octanol–water partition coefficient (Wildman–Crippen LogP) is 0.882. The average Bonchev–Trinajstić information content (AvgIpc) is 3.10. The third-order valence-electron chi connectivity index (χ3n) is 2.65. The zero-order chi connectivity index (χ0) is 14.1. The third-order valence-corrected chi connectivity index (χ3v) is 3.53. The number of carboxylic acid groups (broad SMARTS) is 1. The molecule has 3 aromatic rings. The second-order valence-corrected chi connectivity index (χ2v) is 5.06. The van der Waals surface area contributed by atoms with Gasteiger partial charge in [-0.3, -0.25) is 4.68 Å². The Morgan fingerprint density at radius 2 is 2.25 bits per heavy atom. The van der Waals surface area contributed by atoms with Crippen LogP contribution in [0.2, 0.25) is 0 Å². The van der Waals surface area contributed by atoms with E-state index >= 15 is 0 Å². The molecule has 3 aromatic heterocycles. The third kappa shape index (κ3) is 2.18. The first-order valence-electron chi connectivity index (χ1n) is 5.71. The fraction of sp³-hybridized carbons (Fsp3) is 0.182. The summed E-state index contributed by atoms with van der Waals surface area (Å²) in [6.07, 6.45) is 1.75. The highest BCUT2D eigenvalue weighted by Crippen LogP contribution is 2.27. The van der Waals surface area contributed by atoms with Gasteiger partial charge in [0, 0.05) is 7.05 Å². The van der Waals surface area contributed by atoms with Crippen molar-refractivity contribution in [1.82, 2.24) is 30.0 Å². The van der Waals surface area contributed by atoms with Crippen LogP contribution < -0.4 is 0 Å². The lowest BCUT2D eigenvalue weighted by molar-refractivity contribution is 0.0691. The number of carbonyl (C=O) groups is 1. The summed E-state index contributed by atoms with van der Waals surface area (Å²) in [5, 5.41) is 26.5. The van der Waals surface area contributed by atoms with Crippen LogP contribution in [0.1, 0.15) is 16.2 Å². The fourth-order valence-corrected chi connectivity index (χ4v) is 2.62. The molecule has 20 heavy (non-hydrogen) atoms. The Hall–Kier alpha value is -2.55. The van der Waals surface area contributed by atoms with E-state index in [1.807, 2.05) is 17.5 Å². The first-order valence-corrected chi connectivity index (χ1v) is 6.59. The van der Waals surface area contributed by atoms with Crippen molar-refractivity contribution < 1.29 is 9.90 Å². The summed E-state index contributed by atoms with van der Waals surface area (Å²) >= 11 is 1.44. The second kappa shape index (κ2) is 4.85. The molecule has 0 aliphatic heterocycles. The van der Waals surface area contributed by atoms with Crippen LogP contribution in [0.4, 0.5) is 0 Å². The molecule has 3 rings (SSSR count). The van der Waals surface area contributed by atoms with Crippen LogP contribution in [0.25, 0.3) is 10.6 Å². The Morgan fingerprint density at radius 3 is 2.85 bits per heavy atom. The van der Waals surface area contributed by atoms with Crippen LogP contribution in [0, 0.1) is 0 Å². The number of rotatable bonds is 4. The Balaban J connectivity index is 2.05. The Bertz CT molecular complexity index is 745. The quantitative estimate of drug-likeness (QED) is 0.766. The minimum atomic E-state index is -1.10. The van der Waals surface area contributed by atoms with Gasteiger partial charge in [0.05, 0.1) is 17.6 Å². The maximum Gasteiger partial charge on any atom is 0.358 e. The lowest BCUT2D eigenvalue weighted by Gasteiger charge is -2.02. The normalized spacial score (nSPS) is 10.8. The summed E-state index contributed by atoms with van der Waals surface area (Å²) in [4.78, 5) is 12.0. The highest BCUT2D eigenvalue weighted by atomic mass is 32.1. The molecular weight excluding hydrogens is 280 g/mol. The minimum absolute atomic E-state index is 0.0589. The zero-order valence-corrected chi connectivity index (χ0v) is 11.3. The number of hydrogen-bond donors (Lipinski definition) is 1. The molecule has 0 radical (unpaired) electrons. The summed E-state index contributed by atoms with van der Waals surface area (Å²) in [5.41, 5.74) is 1.11. The van der Waals surface area contributed by atoms with Gasteiger partial charge < -0.3 is 5.11 Å². The van der Waals surface area contributed by atoms with Crippen molar-refractivity contribution in [3.8, 4) is 10.6 Å². The van der Waals surface area contributed by atoms with E-state index < -0.39 is 5.97 Å². The summed E-state index contributed by atoms with van der Waals surface area (Å²) in [7, 11) is 1.76. The molecule has 0 atom stereocenters. The van der Waals surface area contributed by atoms with Crippen molar-refractivity contribution in [3.05, 3.63) is 35.1 Å². The first-order chi connectivity index (χ1) is 9.65. The first kappa shape index (κ1) is 12.5. The van der Waals surface area contributed by atoms with Crippen LogP contribution in [-0.2, 0) is 13.6 Å². The van der Waals surface area contributed by atoms with E-state index in [9.17, 15) is 9.90 Å². The summed E-state index contributed by atoms with van der Waals surface area (Å²) < 4.78 is 3.11. The number of nitrogens with zero attached hydrogens (tertiary/aromatic N) is 6. The van der Waals surface area contributed by atoms with Crippen molar-refractivity contribution in [1.29, 1.82) is 0 Å². The van der Waals surface area contributed by atoms with E-state index in [0.29, 0.717) is 17.9 Å². The molecule has 0 spiro atoms. The maximum atomic E-state index is 11.2. The molecule has 9 heteroatoms. The average molecular weight is 290 g/mol. The van der Waals surface area contributed by atoms with Crippen LogP contribution >= 0.6 is 11.3 Å². The Morgan fingerprint density at radius 1 is 1.40 bits per heavy atom. The molecule has 0 saturated carbocycles. The molecule has 0 unspecified atom stereocenters. The minimum Gasteiger partial charge on any atom is -0.476 e. The van der Waals surface area contributed by atoms with Crippen molar-refractivity contribution >= 4 is 17.3 Å². The topological polar surface area (TPSA) is 98.7 Å². The summed E-state index contributed by atoms with van der Waals surface area (Å²) in [6.45, 7) is 0.321. The molecule has 0 saturated heterocycles. The summed E-state index contributed by atoms with van der Waals surface area (Å²) in [6, 6.07) is 3.69. The van der Waals surface area contributed by atoms with Gasteiger partial charge >= 0.3 is 5.97 Å². The number of hydrogen-bond acceptors (Lipinski definition) is 6. The molecule has 0 amide bonds. The van der Waals surface area contributed by atoms with E-state index in [2.05, 4.69) is 20.6 Å². The van der Waals surface area contributed by atoms with E-state index in [-0.39, 0.29) is 5.69 Å². The standard InChI is InChI=1S/C11H10N6O2S/c1-16-5-7(12-14-16)6-17-10(8-3-2-4-20-8)9(11(18)19)13-15-17/h2-5H,6H2,1H3,(H,18,19). The highest BCUT2D eigenvalue weighted by molar-refractivity contribution is 7.13. The monoisotopic (exact) mass is 290 g/mol. The van der Waals surface area contributed by atoms with Crippen LogP contribution in [0.3, 0.4) is 0 Å². The second-order valence-electron chi connectivity index (χ2n) is 4.11. The van der Waals surface area contributed by atoms with Gasteiger partial charge in [-0.1, -0.05) is 16.5 Å². The number of aromatic carboxylic acids is 1. The molecule has 0 aliphatic carbocycles. The highest BCUT2D eigenvalue weighted by Gasteiger charge is 2.21. The van der Waals surface area contributed by atoms with Crippen molar-refractivity contribution in [2.24, 2.45) is 7.05 Å². The van der Waals surface area contributed by atoms with Crippen molar-refractivity contribution in [2.75, 3.05) is 0 Å². The molecule has 0 fully saturated rings. The Kier molecular flexibility index (Phi) is 3.03. The van der Waals surface area contributed by atoms with Crippen LogP contribution in [-0.4, -0.2) is 41.1 Å². The van der Waals surface area contributed by atoms with Gasteiger partial charge in [-0.05, 0) is 11.4 Å².